The standard InChI is InChI=1S/C18H20N4O3S/c1-4-19-15(23)10-22(5-2)18(24)12-9-13(14-7-6-8-26-14)20-17-16(12)11(3)21-25-17/h6-9H,4-5,10H2,1-3H3,(H,19,23). The first-order valence-electron chi connectivity index (χ1n) is 8.42. The van der Waals surface area contributed by atoms with Crippen molar-refractivity contribution in [3.63, 3.8) is 0 Å². The molecule has 3 aromatic rings. The van der Waals surface area contributed by atoms with E-state index in [2.05, 4.69) is 15.5 Å². The summed E-state index contributed by atoms with van der Waals surface area (Å²) in [5.41, 5.74) is 2.03. The van der Waals surface area contributed by atoms with Crippen LogP contribution >= 0.6 is 11.3 Å². The smallest absolute Gasteiger partial charge is 0.259 e. The van der Waals surface area contributed by atoms with Crippen LogP contribution in [0.4, 0.5) is 0 Å². The predicted octanol–water partition coefficient (Wildman–Crippen LogP) is 2.86. The predicted molar refractivity (Wildman–Crippen MR) is 100 cm³/mol. The molecule has 0 radical (unpaired) electrons. The van der Waals surface area contributed by atoms with Crippen LogP contribution in [0.25, 0.3) is 21.7 Å². The van der Waals surface area contributed by atoms with Gasteiger partial charge in [-0.3, -0.25) is 9.59 Å². The van der Waals surface area contributed by atoms with E-state index >= 15 is 0 Å². The third-order valence-electron chi connectivity index (χ3n) is 4.00. The number of fused-ring (bicyclic) bond motifs is 1. The minimum atomic E-state index is -0.241. The molecule has 3 aromatic heterocycles. The Morgan fingerprint density at radius 1 is 1.35 bits per heavy atom. The number of aromatic nitrogens is 2. The van der Waals surface area contributed by atoms with Gasteiger partial charge in [-0.2, -0.15) is 0 Å². The van der Waals surface area contributed by atoms with Crippen molar-refractivity contribution < 1.29 is 14.1 Å². The summed E-state index contributed by atoms with van der Waals surface area (Å²) in [4.78, 5) is 32.0. The van der Waals surface area contributed by atoms with Gasteiger partial charge in [-0.1, -0.05) is 11.2 Å². The van der Waals surface area contributed by atoms with Gasteiger partial charge in [0.05, 0.1) is 33.8 Å². The van der Waals surface area contributed by atoms with Crippen LogP contribution in [0.1, 0.15) is 29.9 Å². The second-order valence-corrected chi connectivity index (χ2v) is 6.70. The lowest BCUT2D eigenvalue weighted by atomic mass is 10.1. The molecule has 0 bridgehead atoms. The first-order chi connectivity index (χ1) is 12.5. The monoisotopic (exact) mass is 372 g/mol. The average Bonchev–Trinajstić information content (AvgIpc) is 3.29. The lowest BCUT2D eigenvalue weighted by Gasteiger charge is -2.20. The molecule has 0 aromatic carbocycles. The summed E-state index contributed by atoms with van der Waals surface area (Å²) in [7, 11) is 0. The lowest BCUT2D eigenvalue weighted by molar-refractivity contribution is -0.121. The van der Waals surface area contributed by atoms with E-state index in [-0.39, 0.29) is 18.4 Å². The molecule has 0 aliphatic heterocycles. The summed E-state index contributed by atoms with van der Waals surface area (Å²) < 4.78 is 5.30. The van der Waals surface area contributed by atoms with Crippen LogP contribution in [0.2, 0.25) is 0 Å². The number of aryl methyl sites for hydroxylation is 1. The summed E-state index contributed by atoms with van der Waals surface area (Å²) >= 11 is 1.53. The van der Waals surface area contributed by atoms with Gasteiger partial charge in [0.15, 0.2) is 0 Å². The Bertz CT molecular complexity index is 933. The number of thiophene rings is 1. The number of carbonyl (C=O) groups is 2. The summed E-state index contributed by atoms with van der Waals surface area (Å²) in [5, 5.41) is 9.21. The minimum Gasteiger partial charge on any atom is -0.355 e. The molecular weight excluding hydrogens is 352 g/mol. The second-order valence-electron chi connectivity index (χ2n) is 5.75. The van der Waals surface area contributed by atoms with Crippen molar-refractivity contribution >= 4 is 34.3 Å². The highest BCUT2D eigenvalue weighted by molar-refractivity contribution is 7.13. The molecule has 3 heterocycles. The summed E-state index contributed by atoms with van der Waals surface area (Å²) in [6, 6.07) is 5.61. The molecule has 1 N–H and O–H groups in total. The normalized spacial score (nSPS) is 10.9. The van der Waals surface area contributed by atoms with Gasteiger partial charge < -0.3 is 14.7 Å². The van der Waals surface area contributed by atoms with Crippen molar-refractivity contribution in [3.05, 3.63) is 34.8 Å². The topological polar surface area (TPSA) is 88.3 Å². The van der Waals surface area contributed by atoms with Gasteiger partial charge in [0, 0.05) is 13.1 Å². The molecule has 0 saturated heterocycles. The molecule has 0 unspecified atom stereocenters. The molecule has 0 aliphatic carbocycles. The maximum atomic E-state index is 13.2. The van der Waals surface area contributed by atoms with Gasteiger partial charge in [-0.15, -0.1) is 11.3 Å². The molecule has 0 aliphatic rings. The molecule has 136 valence electrons. The number of nitrogens with one attached hydrogen (secondary N) is 1. The van der Waals surface area contributed by atoms with Crippen LogP contribution in [0, 0.1) is 6.92 Å². The zero-order valence-corrected chi connectivity index (χ0v) is 15.7. The Labute approximate surface area is 155 Å². The zero-order chi connectivity index (χ0) is 18.7. The quantitative estimate of drug-likeness (QED) is 0.719. The van der Waals surface area contributed by atoms with E-state index in [0.717, 1.165) is 4.88 Å². The number of amides is 2. The van der Waals surface area contributed by atoms with Crippen molar-refractivity contribution in [1.82, 2.24) is 20.4 Å². The van der Waals surface area contributed by atoms with E-state index in [0.29, 0.717) is 41.1 Å². The van der Waals surface area contributed by atoms with E-state index in [4.69, 9.17) is 4.52 Å². The summed E-state index contributed by atoms with van der Waals surface area (Å²) in [6.45, 7) is 6.41. The largest absolute Gasteiger partial charge is 0.355 e. The van der Waals surface area contributed by atoms with Crippen LogP contribution in [0.3, 0.4) is 0 Å². The van der Waals surface area contributed by atoms with Gasteiger partial charge in [-0.05, 0) is 38.3 Å². The molecule has 3 rings (SSSR count). The third-order valence-corrected chi connectivity index (χ3v) is 4.89. The van der Waals surface area contributed by atoms with E-state index in [1.807, 2.05) is 31.4 Å². The first-order valence-corrected chi connectivity index (χ1v) is 9.30. The van der Waals surface area contributed by atoms with Crippen LogP contribution in [-0.2, 0) is 4.79 Å². The molecule has 0 saturated carbocycles. The van der Waals surface area contributed by atoms with Crippen molar-refractivity contribution in [3.8, 4) is 10.6 Å². The number of rotatable bonds is 6. The molecule has 8 heteroatoms. The fraction of sp³-hybridized carbons (Fsp3) is 0.333. The number of nitrogens with zero attached hydrogens (tertiary/aromatic N) is 3. The van der Waals surface area contributed by atoms with Crippen molar-refractivity contribution in [2.45, 2.75) is 20.8 Å². The van der Waals surface area contributed by atoms with Crippen LogP contribution in [0.15, 0.2) is 28.1 Å². The van der Waals surface area contributed by atoms with E-state index in [1.165, 1.54) is 16.2 Å². The lowest BCUT2D eigenvalue weighted by Crippen LogP contribution is -2.40. The first kappa shape index (κ1) is 18.1. The van der Waals surface area contributed by atoms with Crippen LogP contribution < -0.4 is 5.32 Å². The van der Waals surface area contributed by atoms with Gasteiger partial charge in [0.2, 0.25) is 5.91 Å². The van der Waals surface area contributed by atoms with Gasteiger partial charge in [0.1, 0.15) is 0 Å². The molecule has 0 fully saturated rings. The Hall–Kier alpha value is -2.74. The van der Waals surface area contributed by atoms with Crippen molar-refractivity contribution in [2.24, 2.45) is 0 Å². The fourth-order valence-corrected chi connectivity index (χ4v) is 3.42. The molecular formula is C18H20N4O3S. The van der Waals surface area contributed by atoms with Gasteiger partial charge in [0.25, 0.3) is 11.6 Å². The molecule has 26 heavy (non-hydrogen) atoms. The van der Waals surface area contributed by atoms with Crippen molar-refractivity contribution in [1.29, 1.82) is 0 Å². The van der Waals surface area contributed by atoms with Gasteiger partial charge >= 0.3 is 0 Å². The average molecular weight is 372 g/mol. The Kier molecular flexibility index (Phi) is 5.32. The zero-order valence-electron chi connectivity index (χ0n) is 14.9. The summed E-state index contributed by atoms with van der Waals surface area (Å²) in [5.74, 6) is -0.427. The highest BCUT2D eigenvalue weighted by Gasteiger charge is 2.24. The van der Waals surface area contributed by atoms with E-state index in [1.54, 1.807) is 13.0 Å². The molecule has 7 nitrogen and oxygen atoms in total. The highest BCUT2D eigenvalue weighted by Crippen LogP contribution is 2.30. The number of hydrogen-bond donors (Lipinski definition) is 1. The number of pyridine rings is 1. The number of hydrogen-bond acceptors (Lipinski definition) is 6. The fourth-order valence-electron chi connectivity index (χ4n) is 2.74. The maximum absolute atomic E-state index is 13.2. The molecule has 0 spiro atoms. The van der Waals surface area contributed by atoms with E-state index in [9.17, 15) is 9.59 Å². The maximum Gasteiger partial charge on any atom is 0.259 e. The Balaban J connectivity index is 2.05. The highest BCUT2D eigenvalue weighted by atomic mass is 32.1. The summed E-state index contributed by atoms with van der Waals surface area (Å²) in [6.07, 6.45) is 0. The number of likely N-dealkylation sites (N-methyl/N-ethyl adjacent to an activating group) is 2. The molecule has 2 amide bonds. The Morgan fingerprint density at radius 3 is 2.81 bits per heavy atom. The second kappa shape index (κ2) is 7.65. The van der Waals surface area contributed by atoms with Gasteiger partial charge in [-0.25, -0.2) is 4.98 Å². The van der Waals surface area contributed by atoms with E-state index < -0.39 is 0 Å². The van der Waals surface area contributed by atoms with Crippen molar-refractivity contribution in [2.75, 3.05) is 19.6 Å². The minimum absolute atomic E-state index is 0.00561. The third kappa shape index (κ3) is 3.45. The van der Waals surface area contributed by atoms with Crippen LogP contribution in [0.5, 0.6) is 0 Å². The SMILES string of the molecule is CCNC(=O)CN(CC)C(=O)c1cc(-c2cccs2)nc2onc(C)c12. The Morgan fingerprint density at radius 2 is 2.15 bits per heavy atom. The number of carbonyl (C=O) groups excluding carboxylic acids is 2. The van der Waals surface area contributed by atoms with Crippen LogP contribution in [-0.4, -0.2) is 46.5 Å². The molecule has 0 atom stereocenters.